The van der Waals surface area contributed by atoms with Crippen LogP contribution in [0, 0.1) is 0 Å². The molecule has 1 fully saturated rings. The normalized spacial score (nSPS) is 19.6. The predicted octanol–water partition coefficient (Wildman–Crippen LogP) is 2.36. The topological polar surface area (TPSA) is 58.2 Å². The van der Waals surface area contributed by atoms with Crippen molar-refractivity contribution in [2.24, 2.45) is 0 Å². The lowest BCUT2D eigenvalue weighted by Crippen LogP contribution is -2.38. The van der Waals surface area contributed by atoms with Crippen molar-refractivity contribution < 1.29 is 8.42 Å². The zero-order chi connectivity index (χ0) is 15.1. The highest BCUT2D eigenvalue weighted by Gasteiger charge is 2.21. The molecule has 0 amide bonds. The van der Waals surface area contributed by atoms with Crippen LogP contribution in [0.15, 0.2) is 29.2 Å². The number of rotatable bonds is 7. The van der Waals surface area contributed by atoms with Crippen LogP contribution >= 0.6 is 11.8 Å². The molecule has 1 unspecified atom stereocenters. The minimum Gasteiger partial charge on any atom is -0.313 e. The van der Waals surface area contributed by atoms with E-state index in [-0.39, 0.29) is 6.04 Å². The van der Waals surface area contributed by atoms with Gasteiger partial charge in [-0.15, -0.1) is 0 Å². The van der Waals surface area contributed by atoms with Gasteiger partial charge in [0.1, 0.15) is 0 Å². The van der Waals surface area contributed by atoms with Crippen LogP contribution in [0.3, 0.4) is 0 Å². The van der Waals surface area contributed by atoms with Crippen LogP contribution in [-0.4, -0.2) is 32.5 Å². The van der Waals surface area contributed by atoms with Crippen LogP contribution in [0.25, 0.3) is 0 Å². The summed E-state index contributed by atoms with van der Waals surface area (Å²) in [6, 6.07) is 7.22. The van der Waals surface area contributed by atoms with Crippen LogP contribution in [-0.2, 0) is 16.6 Å². The van der Waals surface area contributed by atoms with Crippen LogP contribution in [0.4, 0.5) is 0 Å². The molecule has 6 heteroatoms. The Labute approximate surface area is 132 Å². The summed E-state index contributed by atoms with van der Waals surface area (Å²) < 4.78 is 27.5. The van der Waals surface area contributed by atoms with Gasteiger partial charge in [-0.05, 0) is 49.3 Å². The number of sulfonamides is 1. The van der Waals surface area contributed by atoms with E-state index >= 15 is 0 Å². The van der Waals surface area contributed by atoms with Crippen molar-refractivity contribution >= 4 is 21.8 Å². The molecular formula is C15H24N2O2S2. The van der Waals surface area contributed by atoms with Crippen LogP contribution < -0.4 is 10.0 Å². The van der Waals surface area contributed by atoms with Crippen LogP contribution in [0.2, 0.25) is 0 Å². The lowest BCUT2D eigenvalue weighted by molar-refractivity contribution is 0.543. The van der Waals surface area contributed by atoms with E-state index in [1.165, 1.54) is 0 Å². The molecule has 0 aliphatic carbocycles. The highest BCUT2D eigenvalue weighted by molar-refractivity contribution is 7.99. The SMILES string of the molecule is CCCNCc1ccc(S(=O)(=O)NC2CCCSC2)cc1. The van der Waals surface area contributed by atoms with Crippen molar-refractivity contribution in [3.63, 3.8) is 0 Å². The summed E-state index contributed by atoms with van der Waals surface area (Å²) in [6.45, 7) is 3.87. The van der Waals surface area contributed by atoms with Gasteiger partial charge in [0.2, 0.25) is 10.0 Å². The molecule has 1 heterocycles. The average molecular weight is 329 g/mol. The van der Waals surface area contributed by atoms with Crippen LogP contribution in [0.5, 0.6) is 0 Å². The molecule has 1 aliphatic heterocycles. The van der Waals surface area contributed by atoms with Gasteiger partial charge < -0.3 is 5.32 Å². The van der Waals surface area contributed by atoms with E-state index in [9.17, 15) is 8.42 Å². The van der Waals surface area contributed by atoms with E-state index in [0.29, 0.717) is 4.90 Å². The summed E-state index contributed by atoms with van der Waals surface area (Å²) in [5, 5.41) is 3.31. The van der Waals surface area contributed by atoms with Gasteiger partial charge in [-0.3, -0.25) is 0 Å². The van der Waals surface area contributed by atoms with Crippen molar-refractivity contribution in [3.05, 3.63) is 29.8 Å². The first-order valence-electron chi connectivity index (χ1n) is 7.51. The van der Waals surface area contributed by atoms with Gasteiger partial charge in [-0.25, -0.2) is 13.1 Å². The Hall–Kier alpha value is -0.560. The predicted molar refractivity (Wildman–Crippen MR) is 89.1 cm³/mol. The molecule has 0 saturated carbocycles. The van der Waals surface area contributed by atoms with E-state index in [4.69, 9.17) is 0 Å². The molecule has 0 bridgehead atoms. The van der Waals surface area contributed by atoms with Gasteiger partial charge in [0.05, 0.1) is 4.90 Å². The maximum absolute atomic E-state index is 12.3. The first-order valence-corrected chi connectivity index (χ1v) is 10.2. The monoisotopic (exact) mass is 328 g/mol. The fourth-order valence-electron chi connectivity index (χ4n) is 2.32. The van der Waals surface area contributed by atoms with E-state index in [0.717, 1.165) is 49.4 Å². The van der Waals surface area contributed by atoms with Gasteiger partial charge in [0.15, 0.2) is 0 Å². The molecule has 1 aromatic carbocycles. The Morgan fingerprint density at radius 2 is 2.05 bits per heavy atom. The standard InChI is InChI=1S/C15H24N2O2S2/c1-2-9-16-11-13-5-7-15(8-6-13)21(18,19)17-14-4-3-10-20-12-14/h5-8,14,16-17H,2-4,9-12H2,1H3. The molecule has 1 atom stereocenters. The molecule has 118 valence electrons. The first kappa shape index (κ1) is 16.8. The Morgan fingerprint density at radius 1 is 1.29 bits per heavy atom. The van der Waals surface area contributed by atoms with Crippen molar-refractivity contribution in [1.29, 1.82) is 0 Å². The molecule has 21 heavy (non-hydrogen) atoms. The van der Waals surface area contributed by atoms with E-state index in [1.807, 2.05) is 23.9 Å². The average Bonchev–Trinajstić information content (AvgIpc) is 2.49. The Kier molecular flexibility index (Phi) is 6.54. The maximum Gasteiger partial charge on any atom is 0.240 e. The molecule has 0 spiro atoms. The second-order valence-electron chi connectivity index (χ2n) is 5.36. The van der Waals surface area contributed by atoms with E-state index < -0.39 is 10.0 Å². The highest BCUT2D eigenvalue weighted by atomic mass is 32.2. The summed E-state index contributed by atoms with van der Waals surface area (Å²) in [5.41, 5.74) is 1.11. The smallest absolute Gasteiger partial charge is 0.240 e. The summed E-state index contributed by atoms with van der Waals surface area (Å²) in [5.74, 6) is 2.01. The number of hydrogen-bond acceptors (Lipinski definition) is 4. The van der Waals surface area contributed by atoms with Gasteiger partial charge in [0.25, 0.3) is 0 Å². The minimum absolute atomic E-state index is 0.0691. The molecular weight excluding hydrogens is 304 g/mol. The summed E-state index contributed by atoms with van der Waals surface area (Å²) >= 11 is 1.82. The van der Waals surface area contributed by atoms with Crippen molar-refractivity contribution in [2.45, 2.75) is 43.7 Å². The number of benzene rings is 1. The molecule has 4 nitrogen and oxygen atoms in total. The first-order chi connectivity index (χ1) is 10.1. The Balaban J connectivity index is 1.95. The molecule has 0 radical (unpaired) electrons. The third-order valence-corrected chi connectivity index (χ3v) is 6.22. The molecule has 0 aromatic heterocycles. The quantitative estimate of drug-likeness (QED) is 0.755. The zero-order valence-corrected chi connectivity index (χ0v) is 14.1. The summed E-state index contributed by atoms with van der Waals surface area (Å²) in [6.07, 6.45) is 3.11. The van der Waals surface area contributed by atoms with Crippen molar-refractivity contribution in [1.82, 2.24) is 10.0 Å². The second kappa shape index (κ2) is 8.17. The van der Waals surface area contributed by atoms with Crippen molar-refractivity contribution in [2.75, 3.05) is 18.1 Å². The number of thioether (sulfide) groups is 1. The zero-order valence-electron chi connectivity index (χ0n) is 12.5. The third-order valence-electron chi connectivity index (χ3n) is 3.47. The fraction of sp³-hybridized carbons (Fsp3) is 0.600. The lowest BCUT2D eigenvalue weighted by atomic mass is 10.2. The van der Waals surface area contributed by atoms with Gasteiger partial charge in [0, 0.05) is 18.3 Å². The van der Waals surface area contributed by atoms with Gasteiger partial charge in [-0.2, -0.15) is 11.8 Å². The van der Waals surface area contributed by atoms with Gasteiger partial charge >= 0.3 is 0 Å². The minimum atomic E-state index is -3.39. The fourth-order valence-corrected chi connectivity index (χ4v) is 4.77. The van der Waals surface area contributed by atoms with Crippen molar-refractivity contribution in [3.8, 4) is 0 Å². The number of nitrogens with one attached hydrogen (secondary N) is 2. The molecule has 2 N–H and O–H groups in total. The van der Waals surface area contributed by atoms with E-state index in [2.05, 4.69) is 17.0 Å². The maximum atomic E-state index is 12.3. The highest BCUT2D eigenvalue weighted by Crippen LogP contribution is 2.19. The number of hydrogen-bond donors (Lipinski definition) is 2. The molecule has 2 rings (SSSR count). The molecule has 1 aliphatic rings. The molecule has 1 aromatic rings. The second-order valence-corrected chi connectivity index (χ2v) is 8.22. The van der Waals surface area contributed by atoms with E-state index in [1.54, 1.807) is 12.1 Å². The largest absolute Gasteiger partial charge is 0.313 e. The van der Waals surface area contributed by atoms with Crippen LogP contribution in [0.1, 0.15) is 31.7 Å². The summed E-state index contributed by atoms with van der Waals surface area (Å²) in [4.78, 5) is 0.359. The Bertz CT molecular complexity index is 523. The van der Waals surface area contributed by atoms with Gasteiger partial charge in [-0.1, -0.05) is 19.1 Å². The third kappa shape index (κ3) is 5.29. The summed E-state index contributed by atoms with van der Waals surface area (Å²) in [7, 11) is -3.39. The molecule has 1 saturated heterocycles. The Morgan fingerprint density at radius 3 is 2.67 bits per heavy atom. The lowest BCUT2D eigenvalue weighted by Gasteiger charge is -2.22.